The Balaban J connectivity index is 0.000000771. The first-order chi connectivity index (χ1) is 8.83. The molecule has 0 aliphatic rings. The van der Waals surface area contributed by atoms with Crippen molar-refractivity contribution >= 4 is 10.9 Å². The molecule has 2 rings (SSSR count). The fourth-order valence-corrected chi connectivity index (χ4v) is 1.75. The lowest BCUT2D eigenvalue weighted by molar-refractivity contribution is 0.657. The zero-order valence-electron chi connectivity index (χ0n) is 11.5. The van der Waals surface area contributed by atoms with Gasteiger partial charge in [0.1, 0.15) is 0 Å². The molecule has 2 nitrogen and oxygen atoms in total. The minimum atomic E-state index is 0.286. The molecule has 0 fully saturated rings. The van der Waals surface area contributed by atoms with E-state index in [2.05, 4.69) is 35.1 Å². The van der Waals surface area contributed by atoms with E-state index in [1.807, 2.05) is 45.2 Å². The third-order valence-corrected chi connectivity index (χ3v) is 2.74. The fraction of sp³-hybridized carbons (Fsp3) is 0.312. The summed E-state index contributed by atoms with van der Waals surface area (Å²) in [6.45, 7) is 7.80. The lowest BCUT2D eigenvalue weighted by Gasteiger charge is -2.10. The van der Waals surface area contributed by atoms with Gasteiger partial charge < -0.3 is 5.32 Å². The van der Waals surface area contributed by atoms with E-state index in [9.17, 15) is 0 Å². The highest BCUT2D eigenvalue weighted by atomic mass is 14.9. The van der Waals surface area contributed by atoms with E-state index in [4.69, 9.17) is 0 Å². The van der Waals surface area contributed by atoms with Gasteiger partial charge in [-0.2, -0.15) is 0 Å². The number of rotatable bonds is 4. The van der Waals surface area contributed by atoms with E-state index in [0.29, 0.717) is 0 Å². The number of nitrogens with one attached hydrogen (secondary N) is 1. The van der Waals surface area contributed by atoms with Gasteiger partial charge in [0.05, 0.1) is 5.52 Å². The number of para-hydroxylation sites is 1. The third-order valence-electron chi connectivity index (χ3n) is 2.74. The Kier molecular flexibility index (Phi) is 6.09. The summed E-state index contributed by atoms with van der Waals surface area (Å²) in [4.78, 5) is 4.62. The van der Waals surface area contributed by atoms with E-state index >= 15 is 0 Å². The molecule has 0 amide bonds. The van der Waals surface area contributed by atoms with Crippen molar-refractivity contribution in [1.82, 2.24) is 10.3 Å². The van der Waals surface area contributed by atoms with Crippen LogP contribution in [0, 0.1) is 0 Å². The van der Waals surface area contributed by atoms with Crippen molar-refractivity contribution in [2.24, 2.45) is 0 Å². The Bertz CT molecular complexity index is 491. The Hall–Kier alpha value is -1.67. The summed E-state index contributed by atoms with van der Waals surface area (Å²) in [5.74, 6) is 0. The van der Waals surface area contributed by atoms with Crippen LogP contribution in [-0.4, -0.2) is 18.1 Å². The van der Waals surface area contributed by atoms with Gasteiger partial charge in [-0.15, -0.1) is 6.58 Å². The molecule has 1 N–H and O–H groups in total. The van der Waals surface area contributed by atoms with Gasteiger partial charge in [-0.05, 0) is 19.2 Å². The van der Waals surface area contributed by atoms with Crippen LogP contribution in [0.25, 0.3) is 10.9 Å². The Morgan fingerprint density at radius 3 is 2.61 bits per heavy atom. The summed E-state index contributed by atoms with van der Waals surface area (Å²) < 4.78 is 0. The van der Waals surface area contributed by atoms with Crippen LogP contribution in [0.1, 0.15) is 19.5 Å². The standard InChI is InChI=1S/C14H16N2.C2H6/c1-3-12(15-2)10-13-9-8-11-6-4-5-7-14(11)16-13;1-2/h3-9,12,15H,1,10H2,2H3;1-2H3. The maximum Gasteiger partial charge on any atom is 0.0705 e. The van der Waals surface area contributed by atoms with E-state index < -0.39 is 0 Å². The molecule has 2 heteroatoms. The van der Waals surface area contributed by atoms with Crippen LogP contribution in [0.2, 0.25) is 0 Å². The maximum atomic E-state index is 4.62. The summed E-state index contributed by atoms with van der Waals surface area (Å²) in [5.41, 5.74) is 2.15. The van der Waals surface area contributed by atoms with Crippen LogP contribution in [0.15, 0.2) is 49.1 Å². The Morgan fingerprint density at radius 1 is 1.22 bits per heavy atom. The largest absolute Gasteiger partial charge is 0.313 e. The first-order valence-electron chi connectivity index (χ1n) is 6.48. The van der Waals surface area contributed by atoms with Crippen LogP contribution in [0.5, 0.6) is 0 Å². The quantitative estimate of drug-likeness (QED) is 0.829. The molecule has 18 heavy (non-hydrogen) atoms. The number of fused-ring (bicyclic) bond motifs is 1. The lowest BCUT2D eigenvalue weighted by atomic mass is 10.1. The molecule has 0 radical (unpaired) electrons. The van der Waals surface area contributed by atoms with E-state index in [-0.39, 0.29) is 6.04 Å². The number of nitrogens with zero attached hydrogens (tertiary/aromatic N) is 1. The number of aromatic nitrogens is 1. The Labute approximate surface area is 110 Å². The number of hydrogen-bond donors (Lipinski definition) is 1. The molecule has 0 spiro atoms. The van der Waals surface area contributed by atoms with Gasteiger partial charge in [0, 0.05) is 23.5 Å². The molecule has 0 aliphatic carbocycles. The van der Waals surface area contributed by atoms with Gasteiger partial charge >= 0.3 is 0 Å². The van der Waals surface area contributed by atoms with Crippen LogP contribution in [0.4, 0.5) is 0 Å². The topological polar surface area (TPSA) is 24.9 Å². The van der Waals surface area contributed by atoms with Gasteiger partial charge in [-0.1, -0.05) is 44.2 Å². The molecular formula is C16H22N2. The third kappa shape index (κ3) is 3.67. The van der Waals surface area contributed by atoms with Crippen molar-refractivity contribution in [3.8, 4) is 0 Å². The van der Waals surface area contributed by atoms with Crippen molar-refractivity contribution in [1.29, 1.82) is 0 Å². The molecule has 1 unspecified atom stereocenters. The lowest BCUT2D eigenvalue weighted by Crippen LogP contribution is -2.25. The first kappa shape index (κ1) is 14.4. The van der Waals surface area contributed by atoms with Crippen molar-refractivity contribution in [3.63, 3.8) is 0 Å². The monoisotopic (exact) mass is 242 g/mol. The minimum absolute atomic E-state index is 0.286. The van der Waals surface area contributed by atoms with Crippen LogP contribution < -0.4 is 5.32 Å². The second-order valence-corrected chi connectivity index (χ2v) is 3.83. The highest BCUT2D eigenvalue weighted by molar-refractivity contribution is 5.78. The van der Waals surface area contributed by atoms with Gasteiger partial charge in [-0.25, -0.2) is 0 Å². The van der Waals surface area contributed by atoms with Crippen LogP contribution >= 0.6 is 0 Å². The number of pyridine rings is 1. The average Bonchev–Trinajstić information content (AvgIpc) is 2.46. The van der Waals surface area contributed by atoms with Crippen molar-refractivity contribution < 1.29 is 0 Å². The van der Waals surface area contributed by atoms with Gasteiger partial charge in [0.2, 0.25) is 0 Å². The second-order valence-electron chi connectivity index (χ2n) is 3.83. The number of hydrogen-bond acceptors (Lipinski definition) is 2. The van der Waals surface area contributed by atoms with Crippen molar-refractivity contribution in [2.75, 3.05) is 7.05 Å². The molecular weight excluding hydrogens is 220 g/mol. The van der Waals surface area contributed by atoms with E-state index in [0.717, 1.165) is 17.6 Å². The molecule has 2 aromatic rings. The molecule has 1 atom stereocenters. The predicted molar refractivity (Wildman–Crippen MR) is 79.8 cm³/mol. The average molecular weight is 242 g/mol. The summed E-state index contributed by atoms with van der Waals surface area (Å²) in [7, 11) is 1.94. The van der Waals surface area contributed by atoms with Crippen molar-refractivity contribution in [3.05, 3.63) is 54.7 Å². The molecule has 1 aromatic heterocycles. The van der Waals surface area contributed by atoms with Crippen molar-refractivity contribution in [2.45, 2.75) is 26.3 Å². The minimum Gasteiger partial charge on any atom is -0.313 e. The number of benzene rings is 1. The smallest absolute Gasteiger partial charge is 0.0705 e. The normalized spacial score (nSPS) is 11.5. The molecule has 1 heterocycles. The predicted octanol–water partition coefficient (Wildman–Crippen LogP) is 3.58. The molecule has 1 aromatic carbocycles. The number of likely N-dealkylation sites (N-methyl/N-ethyl adjacent to an activating group) is 1. The van der Waals surface area contributed by atoms with Gasteiger partial charge in [-0.3, -0.25) is 4.98 Å². The van der Waals surface area contributed by atoms with Crippen LogP contribution in [0.3, 0.4) is 0 Å². The maximum absolute atomic E-state index is 4.62. The summed E-state index contributed by atoms with van der Waals surface area (Å²) >= 11 is 0. The molecule has 0 saturated carbocycles. The molecule has 0 aliphatic heterocycles. The molecule has 0 saturated heterocycles. The zero-order valence-corrected chi connectivity index (χ0v) is 11.5. The SMILES string of the molecule is C=CC(Cc1ccc2ccccc2n1)NC.CC. The summed E-state index contributed by atoms with van der Waals surface area (Å²) in [5, 5.41) is 4.38. The molecule has 0 bridgehead atoms. The van der Waals surface area contributed by atoms with Gasteiger partial charge in [0.25, 0.3) is 0 Å². The summed E-state index contributed by atoms with van der Waals surface area (Å²) in [6.07, 6.45) is 2.79. The van der Waals surface area contributed by atoms with Gasteiger partial charge in [0.15, 0.2) is 0 Å². The van der Waals surface area contributed by atoms with Crippen LogP contribution in [-0.2, 0) is 6.42 Å². The zero-order chi connectivity index (χ0) is 13.4. The van der Waals surface area contributed by atoms with E-state index in [1.54, 1.807) is 0 Å². The molecule has 96 valence electrons. The Morgan fingerprint density at radius 2 is 1.94 bits per heavy atom. The fourth-order valence-electron chi connectivity index (χ4n) is 1.75. The first-order valence-corrected chi connectivity index (χ1v) is 6.48. The highest BCUT2D eigenvalue weighted by Gasteiger charge is 2.04. The van der Waals surface area contributed by atoms with E-state index in [1.165, 1.54) is 5.39 Å². The highest BCUT2D eigenvalue weighted by Crippen LogP contribution is 2.12. The summed E-state index contributed by atoms with van der Waals surface area (Å²) in [6, 6.07) is 12.7. The second kappa shape index (κ2) is 7.62.